The maximum absolute atomic E-state index is 12.3. The van der Waals surface area contributed by atoms with Crippen molar-refractivity contribution in [3.8, 4) is 5.75 Å². The van der Waals surface area contributed by atoms with Gasteiger partial charge < -0.3 is 15.4 Å². The lowest BCUT2D eigenvalue weighted by Crippen LogP contribution is -2.32. The second-order valence-corrected chi connectivity index (χ2v) is 5.00. The number of hydrogen-bond acceptors (Lipinski definition) is 3. The topological polar surface area (TPSA) is 55.6 Å². The quantitative estimate of drug-likeness (QED) is 0.900. The van der Waals surface area contributed by atoms with Crippen LogP contribution in [0.2, 0.25) is 0 Å². The zero-order valence-corrected chi connectivity index (χ0v) is 12.5. The van der Waals surface area contributed by atoms with Gasteiger partial charge in [0.2, 0.25) is 0 Å². The highest BCUT2D eigenvalue weighted by Crippen LogP contribution is 2.24. The molecule has 1 fully saturated rings. The van der Waals surface area contributed by atoms with Crippen molar-refractivity contribution in [3.05, 3.63) is 28.2 Å². The summed E-state index contributed by atoms with van der Waals surface area (Å²) in [5.74, 6) is 0.684. The standard InChI is InChI=1S/C12H15BrN2O2.ClH/c1-17-9-2-3-11(13)10(6-9)12(16)15-5-4-8(14)7-15;/h2-3,6,8H,4-5,7,14H2,1H3;1H/t8-;/m1./s1. The van der Waals surface area contributed by atoms with Crippen LogP contribution in [0.1, 0.15) is 16.8 Å². The molecule has 1 saturated heterocycles. The summed E-state index contributed by atoms with van der Waals surface area (Å²) in [4.78, 5) is 14.0. The van der Waals surface area contributed by atoms with E-state index < -0.39 is 0 Å². The molecule has 0 radical (unpaired) electrons. The van der Waals surface area contributed by atoms with Gasteiger partial charge in [-0.3, -0.25) is 4.79 Å². The molecule has 0 aromatic heterocycles. The van der Waals surface area contributed by atoms with Gasteiger partial charge in [0.1, 0.15) is 5.75 Å². The largest absolute Gasteiger partial charge is 0.497 e. The predicted octanol–water partition coefficient (Wildman–Crippen LogP) is 2.05. The van der Waals surface area contributed by atoms with Gasteiger partial charge >= 0.3 is 0 Å². The number of hydrogen-bond donors (Lipinski definition) is 1. The number of nitrogens with two attached hydrogens (primary N) is 1. The van der Waals surface area contributed by atoms with Crippen LogP contribution < -0.4 is 10.5 Å². The number of nitrogens with zero attached hydrogens (tertiary/aromatic N) is 1. The summed E-state index contributed by atoms with van der Waals surface area (Å²) in [6, 6.07) is 5.48. The maximum Gasteiger partial charge on any atom is 0.255 e. The Morgan fingerprint density at radius 1 is 1.56 bits per heavy atom. The first-order valence-corrected chi connectivity index (χ1v) is 6.29. The van der Waals surface area contributed by atoms with E-state index in [-0.39, 0.29) is 24.4 Å². The fraction of sp³-hybridized carbons (Fsp3) is 0.417. The fourth-order valence-corrected chi connectivity index (χ4v) is 2.35. The Morgan fingerprint density at radius 3 is 2.83 bits per heavy atom. The van der Waals surface area contributed by atoms with E-state index in [1.54, 1.807) is 18.1 Å². The minimum absolute atomic E-state index is 0. The molecule has 0 spiro atoms. The molecule has 18 heavy (non-hydrogen) atoms. The highest BCUT2D eigenvalue weighted by atomic mass is 79.9. The van der Waals surface area contributed by atoms with Crippen molar-refractivity contribution < 1.29 is 9.53 Å². The summed E-state index contributed by atoms with van der Waals surface area (Å²) in [5.41, 5.74) is 6.43. The molecule has 1 aliphatic heterocycles. The molecule has 1 aliphatic rings. The number of likely N-dealkylation sites (tertiary alicyclic amines) is 1. The van der Waals surface area contributed by atoms with E-state index in [1.807, 2.05) is 12.1 Å². The summed E-state index contributed by atoms with van der Waals surface area (Å²) in [6.07, 6.45) is 0.868. The van der Waals surface area contributed by atoms with Crippen molar-refractivity contribution in [2.75, 3.05) is 20.2 Å². The Labute approximate surface area is 121 Å². The lowest BCUT2D eigenvalue weighted by atomic mass is 10.2. The molecule has 1 aromatic carbocycles. The third-order valence-corrected chi connectivity index (χ3v) is 3.61. The minimum atomic E-state index is 0. The molecule has 0 unspecified atom stereocenters. The Kier molecular flexibility index (Phi) is 5.44. The Hall–Kier alpha value is -0.780. The van der Waals surface area contributed by atoms with Gasteiger partial charge in [-0.05, 0) is 40.5 Å². The van der Waals surface area contributed by atoms with Gasteiger partial charge in [-0.1, -0.05) is 0 Å². The van der Waals surface area contributed by atoms with Crippen LogP contribution >= 0.6 is 28.3 Å². The van der Waals surface area contributed by atoms with Crippen molar-refractivity contribution in [1.82, 2.24) is 4.90 Å². The van der Waals surface area contributed by atoms with Crippen molar-refractivity contribution in [3.63, 3.8) is 0 Å². The first-order valence-electron chi connectivity index (χ1n) is 5.50. The van der Waals surface area contributed by atoms with Crippen LogP contribution in [-0.2, 0) is 0 Å². The summed E-state index contributed by atoms with van der Waals surface area (Å²) < 4.78 is 5.91. The average Bonchev–Trinajstić information content (AvgIpc) is 2.76. The average molecular weight is 336 g/mol. The van der Waals surface area contributed by atoms with Crippen molar-refractivity contribution in [2.24, 2.45) is 5.73 Å². The number of ether oxygens (including phenoxy) is 1. The molecule has 100 valence electrons. The Morgan fingerprint density at radius 2 is 2.28 bits per heavy atom. The Bertz CT molecular complexity index is 442. The van der Waals surface area contributed by atoms with Gasteiger partial charge in [-0.15, -0.1) is 12.4 Å². The van der Waals surface area contributed by atoms with Crippen molar-refractivity contribution in [2.45, 2.75) is 12.5 Å². The second-order valence-electron chi connectivity index (χ2n) is 4.15. The maximum atomic E-state index is 12.3. The van der Waals surface area contributed by atoms with E-state index in [9.17, 15) is 4.79 Å². The second kappa shape index (κ2) is 6.41. The highest BCUT2D eigenvalue weighted by molar-refractivity contribution is 9.10. The van der Waals surface area contributed by atoms with Gasteiger partial charge in [-0.25, -0.2) is 0 Å². The number of carbonyl (C=O) groups is 1. The highest BCUT2D eigenvalue weighted by Gasteiger charge is 2.25. The van der Waals surface area contributed by atoms with E-state index in [0.717, 1.165) is 17.4 Å². The molecule has 1 amide bonds. The van der Waals surface area contributed by atoms with Crippen molar-refractivity contribution in [1.29, 1.82) is 0 Å². The molecular formula is C12H16BrClN2O2. The molecule has 1 aromatic rings. The minimum Gasteiger partial charge on any atom is -0.497 e. The lowest BCUT2D eigenvalue weighted by molar-refractivity contribution is 0.0789. The third-order valence-electron chi connectivity index (χ3n) is 2.92. The summed E-state index contributed by atoms with van der Waals surface area (Å²) >= 11 is 3.39. The van der Waals surface area contributed by atoms with E-state index in [0.29, 0.717) is 17.9 Å². The zero-order chi connectivity index (χ0) is 12.4. The summed E-state index contributed by atoms with van der Waals surface area (Å²) in [6.45, 7) is 1.35. The van der Waals surface area contributed by atoms with Crippen molar-refractivity contribution >= 4 is 34.2 Å². The molecule has 1 atom stereocenters. The molecule has 0 saturated carbocycles. The van der Waals surface area contributed by atoms with Crippen LogP contribution in [0.15, 0.2) is 22.7 Å². The number of halogens is 2. The van der Waals surface area contributed by atoms with E-state index in [4.69, 9.17) is 10.5 Å². The number of amides is 1. The number of rotatable bonds is 2. The molecular weight excluding hydrogens is 320 g/mol. The van der Waals surface area contributed by atoms with Crippen LogP contribution in [0.4, 0.5) is 0 Å². The first kappa shape index (κ1) is 15.3. The normalized spacial score (nSPS) is 18.4. The van der Waals surface area contributed by atoms with Gasteiger partial charge in [0.05, 0.1) is 12.7 Å². The lowest BCUT2D eigenvalue weighted by Gasteiger charge is -2.17. The van der Waals surface area contributed by atoms with Gasteiger partial charge in [0.25, 0.3) is 5.91 Å². The van der Waals surface area contributed by atoms with E-state index in [2.05, 4.69) is 15.9 Å². The smallest absolute Gasteiger partial charge is 0.255 e. The number of benzene rings is 1. The first-order chi connectivity index (χ1) is 8.11. The SMILES string of the molecule is COc1ccc(Br)c(C(=O)N2CC[C@@H](N)C2)c1.Cl. The Balaban J connectivity index is 0.00000162. The molecule has 0 aliphatic carbocycles. The molecule has 2 rings (SSSR count). The zero-order valence-electron chi connectivity index (χ0n) is 10.1. The predicted molar refractivity (Wildman–Crippen MR) is 76.4 cm³/mol. The molecule has 0 bridgehead atoms. The van der Waals surface area contributed by atoms with Crippen LogP contribution in [0.3, 0.4) is 0 Å². The van der Waals surface area contributed by atoms with Crippen LogP contribution in [0.5, 0.6) is 5.75 Å². The van der Waals surface area contributed by atoms with E-state index >= 15 is 0 Å². The van der Waals surface area contributed by atoms with Gasteiger partial charge in [0, 0.05) is 23.6 Å². The number of methoxy groups -OCH3 is 1. The van der Waals surface area contributed by atoms with E-state index in [1.165, 1.54) is 0 Å². The fourth-order valence-electron chi connectivity index (χ4n) is 1.94. The van der Waals surface area contributed by atoms with Gasteiger partial charge in [0.15, 0.2) is 0 Å². The van der Waals surface area contributed by atoms with Gasteiger partial charge in [-0.2, -0.15) is 0 Å². The molecule has 1 heterocycles. The molecule has 2 N–H and O–H groups in total. The van der Waals surface area contributed by atoms with Crippen LogP contribution in [0, 0.1) is 0 Å². The summed E-state index contributed by atoms with van der Waals surface area (Å²) in [7, 11) is 1.59. The van der Waals surface area contributed by atoms with Crippen LogP contribution in [0.25, 0.3) is 0 Å². The number of carbonyl (C=O) groups excluding carboxylic acids is 1. The molecule has 6 heteroatoms. The molecule has 4 nitrogen and oxygen atoms in total. The monoisotopic (exact) mass is 334 g/mol. The van der Waals surface area contributed by atoms with Crippen LogP contribution in [-0.4, -0.2) is 37.0 Å². The third kappa shape index (κ3) is 3.16. The summed E-state index contributed by atoms with van der Waals surface area (Å²) in [5, 5.41) is 0.